The monoisotopic (exact) mass is 343 g/mol. The molecule has 0 saturated carbocycles. The molecule has 0 N–H and O–H groups in total. The van der Waals surface area contributed by atoms with Crippen molar-refractivity contribution in [1.29, 1.82) is 0 Å². The minimum atomic E-state index is 0.179. The Hall–Kier alpha value is -1.50. The van der Waals surface area contributed by atoms with Gasteiger partial charge in [0.05, 0.1) is 13.2 Å². The fraction of sp³-hybridized carbons (Fsp3) is 0.684. The third kappa shape index (κ3) is 3.57. The van der Waals surface area contributed by atoms with Crippen molar-refractivity contribution in [2.24, 2.45) is 0 Å². The van der Waals surface area contributed by atoms with Crippen molar-refractivity contribution in [1.82, 2.24) is 24.4 Å². The highest BCUT2D eigenvalue weighted by molar-refractivity contribution is 5.37. The molecule has 2 saturated heterocycles. The summed E-state index contributed by atoms with van der Waals surface area (Å²) in [5, 5.41) is 8.84. The number of morpholine rings is 1. The number of likely N-dealkylation sites (tertiary alicyclic amines) is 1. The molecule has 4 heterocycles. The topological polar surface area (TPSA) is 45.9 Å². The molecule has 2 aliphatic rings. The van der Waals surface area contributed by atoms with E-state index in [0.29, 0.717) is 5.92 Å². The molecule has 2 aliphatic heterocycles. The third-order valence-electron chi connectivity index (χ3n) is 5.69. The largest absolute Gasteiger partial charge is 0.379 e. The first-order valence-corrected chi connectivity index (χ1v) is 9.48. The van der Waals surface area contributed by atoms with Crippen LogP contribution >= 0.6 is 0 Å². The molecule has 1 unspecified atom stereocenters. The van der Waals surface area contributed by atoms with Gasteiger partial charge in [-0.3, -0.25) is 9.30 Å². The van der Waals surface area contributed by atoms with Crippen LogP contribution in [0.3, 0.4) is 0 Å². The van der Waals surface area contributed by atoms with E-state index in [1.54, 1.807) is 0 Å². The molecule has 0 spiro atoms. The number of fused-ring (bicyclic) bond motifs is 1. The van der Waals surface area contributed by atoms with Crippen LogP contribution in [-0.4, -0.2) is 75.9 Å². The zero-order chi connectivity index (χ0) is 17.3. The van der Waals surface area contributed by atoms with Crippen LogP contribution in [0.25, 0.3) is 5.65 Å². The van der Waals surface area contributed by atoms with Crippen molar-refractivity contribution in [2.75, 3.05) is 45.9 Å². The molecular weight excluding hydrogens is 314 g/mol. The van der Waals surface area contributed by atoms with Gasteiger partial charge in [0.25, 0.3) is 0 Å². The van der Waals surface area contributed by atoms with Crippen LogP contribution in [0.2, 0.25) is 0 Å². The summed E-state index contributed by atoms with van der Waals surface area (Å²) in [6.45, 7) is 11.9. The lowest BCUT2D eigenvalue weighted by atomic mass is 9.94. The van der Waals surface area contributed by atoms with Gasteiger partial charge in [-0.2, -0.15) is 0 Å². The molecule has 136 valence electrons. The predicted octanol–water partition coefficient (Wildman–Crippen LogP) is 2.02. The SMILES string of the molecule is CC(C)(CN1CCCC(c2nnc3ccccn23)C1)N1CCOCC1. The fourth-order valence-electron chi connectivity index (χ4n) is 4.36. The lowest BCUT2D eigenvalue weighted by molar-refractivity contribution is -0.0242. The molecule has 0 radical (unpaired) electrons. The second-order valence-electron chi connectivity index (χ2n) is 7.97. The van der Waals surface area contributed by atoms with Crippen LogP contribution in [0.4, 0.5) is 0 Å². The van der Waals surface area contributed by atoms with Gasteiger partial charge in [-0.25, -0.2) is 0 Å². The van der Waals surface area contributed by atoms with Crippen LogP contribution in [-0.2, 0) is 4.74 Å². The molecule has 2 aromatic rings. The maximum absolute atomic E-state index is 5.52. The van der Waals surface area contributed by atoms with E-state index in [2.05, 4.69) is 50.5 Å². The Kier molecular flexibility index (Phi) is 4.75. The van der Waals surface area contributed by atoms with Crippen LogP contribution in [0.5, 0.6) is 0 Å². The molecule has 1 atom stereocenters. The Morgan fingerprint density at radius 3 is 2.84 bits per heavy atom. The smallest absolute Gasteiger partial charge is 0.160 e. The Morgan fingerprint density at radius 2 is 2.00 bits per heavy atom. The molecule has 25 heavy (non-hydrogen) atoms. The van der Waals surface area contributed by atoms with Gasteiger partial charge in [0.1, 0.15) is 5.82 Å². The Bertz CT molecular complexity index is 707. The normalized spacial score (nSPS) is 24.0. The van der Waals surface area contributed by atoms with Crippen LogP contribution < -0.4 is 0 Å². The molecular formula is C19H29N5O. The number of ether oxygens (including phenoxy) is 1. The maximum atomic E-state index is 5.52. The average Bonchev–Trinajstić information content (AvgIpc) is 3.06. The Morgan fingerprint density at radius 1 is 1.16 bits per heavy atom. The van der Waals surface area contributed by atoms with Gasteiger partial charge in [0, 0.05) is 43.8 Å². The molecule has 0 aliphatic carbocycles. The minimum absolute atomic E-state index is 0.179. The summed E-state index contributed by atoms with van der Waals surface area (Å²) in [4.78, 5) is 5.19. The van der Waals surface area contributed by atoms with E-state index in [4.69, 9.17) is 4.74 Å². The molecule has 0 bridgehead atoms. The lowest BCUT2D eigenvalue weighted by Gasteiger charge is -2.45. The number of aromatic nitrogens is 3. The summed E-state index contributed by atoms with van der Waals surface area (Å²) in [6, 6.07) is 6.10. The van der Waals surface area contributed by atoms with Gasteiger partial charge in [-0.1, -0.05) is 6.07 Å². The van der Waals surface area contributed by atoms with Gasteiger partial charge < -0.3 is 9.64 Å². The van der Waals surface area contributed by atoms with Crippen molar-refractivity contribution >= 4 is 5.65 Å². The molecule has 2 aromatic heterocycles. The highest BCUT2D eigenvalue weighted by atomic mass is 16.5. The van der Waals surface area contributed by atoms with Gasteiger partial charge in [-0.05, 0) is 45.4 Å². The van der Waals surface area contributed by atoms with Crippen molar-refractivity contribution in [2.45, 2.75) is 38.1 Å². The Balaban J connectivity index is 1.45. The summed E-state index contributed by atoms with van der Waals surface area (Å²) in [5.74, 6) is 1.58. The number of rotatable bonds is 4. The number of nitrogens with zero attached hydrogens (tertiary/aromatic N) is 5. The number of piperidine rings is 1. The molecule has 6 nitrogen and oxygen atoms in total. The quantitative estimate of drug-likeness (QED) is 0.850. The number of hydrogen-bond donors (Lipinski definition) is 0. The van der Waals surface area contributed by atoms with Gasteiger partial charge in [0.2, 0.25) is 0 Å². The van der Waals surface area contributed by atoms with E-state index < -0.39 is 0 Å². The molecule has 6 heteroatoms. The van der Waals surface area contributed by atoms with Gasteiger partial charge in [0.15, 0.2) is 5.65 Å². The Labute approximate surface area is 149 Å². The first kappa shape index (κ1) is 16.9. The summed E-state index contributed by atoms with van der Waals surface area (Å²) >= 11 is 0. The first-order chi connectivity index (χ1) is 12.1. The van der Waals surface area contributed by atoms with Crippen LogP contribution in [0.1, 0.15) is 38.4 Å². The molecule has 4 rings (SSSR count). The molecule has 2 fully saturated rings. The summed E-state index contributed by atoms with van der Waals surface area (Å²) in [5.41, 5.74) is 1.13. The van der Waals surface area contributed by atoms with E-state index in [-0.39, 0.29) is 5.54 Å². The summed E-state index contributed by atoms with van der Waals surface area (Å²) < 4.78 is 7.67. The van der Waals surface area contributed by atoms with Crippen molar-refractivity contribution in [3.63, 3.8) is 0 Å². The second-order valence-corrected chi connectivity index (χ2v) is 7.97. The molecule has 0 amide bonds. The number of hydrogen-bond acceptors (Lipinski definition) is 5. The molecule has 0 aromatic carbocycles. The first-order valence-electron chi connectivity index (χ1n) is 9.48. The van der Waals surface area contributed by atoms with E-state index in [1.807, 2.05) is 12.1 Å². The lowest BCUT2D eigenvalue weighted by Crippen LogP contribution is -2.56. The second kappa shape index (κ2) is 7.02. The highest BCUT2D eigenvalue weighted by Gasteiger charge is 2.33. The van der Waals surface area contributed by atoms with Crippen molar-refractivity contribution < 1.29 is 4.74 Å². The van der Waals surface area contributed by atoms with Gasteiger partial charge in [-0.15, -0.1) is 10.2 Å². The van der Waals surface area contributed by atoms with E-state index in [9.17, 15) is 0 Å². The zero-order valence-corrected chi connectivity index (χ0v) is 15.4. The summed E-state index contributed by atoms with van der Waals surface area (Å²) in [7, 11) is 0. The van der Waals surface area contributed by atoms with Crippen LogP contribution in [0, 0.1) is 0 Å². The van der Waals surface area contributed by atoms with E-state index in [0.717, 1.165) is 50.9 Å². The van der Waals surface area contributed by atoms with Gasteiger partial charge >= 0.3 is 0 Å². The van der Waals surface area contributed by atoms with Crippen LogP contribution in [0.15, 0.2) is 24.4 Å². The third-order valence-corrected chi connectivity index (χ3v) is 5.69. The fourth-order valence-corrected chi connectivity index (χ4v) is 4.36. The van der Waals surface area contributed by atoms with Crippen molar-refractivity contribution in [3.8, 4) is 0 Å². The highest BCUT2D eigenvalue weighted by Crippen LogP contribution is 2.28. The van der Waals surface area contributed by atoms with E-state index in [1.165, 1.54) is 19.4 Å². The number of pyridine rings is 1. The zero-order valence-electron chi connectivity index (χ0n) is 15.4. The maximum Gasteiger partial charge on any atom is 0.160 e. The minimum Gasteiger partial charge on any atom is -0.379 e. The van der Waals surface area contributed by atoms with E-state index >= 15 is 0 Å². The average molecular weight is 343 g/mol. The summed E-state index contributed by atoms with van der Waals surface area (Å²) in [6.07, 6.45) is 4.51. The standard InChI is InChI=1S/C19H29N5O/c1-19(2,23-10-12-25-13-11-23)15-22-8-5-6-16(14-22)18-21-20-17-7-3-4-9-24(17)18/h3-4,7,9,16H,5-6,8,10-15H2,1-2H3. The van der Waals surface area contributed by atoms with Crippen molar-refractivity contribution in [3.05, 3.63) is 30.2 Å². The predicted molar refractivity (Wildman–Crippen MR) is 97.9 cm³/mol.